The van der Waals surface area contributed by atoms with Gasteiger partial charge >= 0.3 is 0 Å². The Kier molecular flexibility index (Phi) is 4.04. The molecule has 3 rings (SSSR count). The summed E-state index contributed by atoms with van der Waals surface area (Å²) in [6.07, 6.45) is -0.624. The maximum Gasteiger partial charge on any atom is 0.254 e. The second-order valence-electron chi connectivity index (χ2n) is 6.35. The fourth-order valence-corrected chi connectivity index (χ4v) is 3.06. The van der Waals surface area contributed by atoms with Crippen LogP contribution in [0.3, 0.4) is 0 Å². The van der Waals surface area contributed by atoms with E-state index in [9.17, 15) is 15.0 Å². The van der Waals surface area contributed by atoms with Crippen LogP contribution >= 0.6 is 11.6 Å². The molecule has 0 saturated carbocycles. The van der Waals surface area contributed by atoms with Crippen LogP contribution in [-0.2, 0) is 0 Å². The Bertz CT molecular complexity index is 776. The van der Waals surface area contributed by atoms with E-state index in [-0.39, 0.29) is 12.5 Å². The topological polar surface area (TPSA) is 73.7 Å². The van der Waals surface area contributed by atoms with Crippen LogP contribution in [0.1, 0.15) is 29.4 Å². The lowest BCUT2D eigenvalue weighted by molar-refractivity contribution is -0.0999. The minimum absolute atomic E-state index is 0.106. The predicted molar refractivity (Wildman–Crippen MR) is 88.6 cm³/mol. The standard InChI is InChI=1S/C17H19ClN2O3/c1-10-7-13(12-8-11(18)3-4-14(12)19-10)16(22)20-6-5-17(2,23)15(21)9-20/h3-4,7-8,15,21,23H,5-6,9H2,1-2H3/t15-,17+/m1/s1. The number of aryl methyl sites for hydroxylation is 1. The summed E-state index contributed by atoms with van der Waals surface area (Å²) in [7, 11) is 0. The Balaban J connectivity index is 2.00. The highest BCUT2D eigenvalue weighted by Gasteiger charge is 2.38. The lowest BCUT2D eigenvalue weighted by atomic mass is 9.90. The van der Waals surface area contributed by atoms with Gasteiger partial charge in [-0.05, 0) is 44.5 Å². The van der Waals surface area contributed by atoms with Crippen LogP contribution < -0.4 is 0 Å². The van der Waals surface area contributed by atoms with Gasteiger partial charge in [-0.1, -0.05) is 11.6 Å². The molecule has 2 N–H and O–H groups in total. The average Bonchev–Trinajstić information content (AvgIpc) is 2.49. The third-order valence-electron chi connectivity index (χ3n) is 4.42. The second-order valence-corrected chi connectivity index (χ2v) is 6.78. The average molecular weight is 335 g/mol. The highest BCUT2D eigenvalue weighted by atomic mass is 35.5. The molecule has 6 heteroatoms. The number of aromatic nitrogens is 1. The summed E-state index contributed by atoms with van der Waals surface area (Å²) >= 11 is 6.06. The van der Waals surface area contributed by atoms with Gasteiger partial charge in [0.1, 0.15) is 0 Å². The molecule has 5 nitrogen and oxygen atoms in total. The van der Waals surface area contributed by atoms with Crippen molar-refractivity contribution in [1.82, 2.24) is 9.88 Å². The number of halogens is 1. The zero-order valence-electron chi connectivity index (χ0n) is 13.1. The van der Waals surface area contributed by atoms with Crippen molar-refractivity contribution >= 4 is 28.4 Å². The van der Waals surface area contributed by atoms with Gasteiger partial charge in [0.05, 0.1) is 22.8 Å². The van der Waals surface area contributed by atoms with E-state index in [1.807, 2.05) is 6.92 Å². The predicted octanol–water partition coefficient (Wildman–Crippen LogP) is 2.15. The number of carbonyl (C=O) groups is 1. The van der Waals surface area contributed by atoms with Crippen LogP contribution in [-0.4, -0.2) is 50.8 Å². The van der Waals surface area contributed by atoms with Crippen molar-refractivity contribution in [3.05, 3.63) is 40.5 Å². The first-order valence-electron chi connectivity index (χ1n) is 7.54. The lowest BCUT2D eigenvalue weighted by Crippen LogP contribution is -2.55. The van der Waals surface area contributed by atoms with Crippen LogP contribution in [0.2, 0.25) is 5.02 Å². The highest BCUT2D eigenvalue weighted by molar-refractivity contribution is 6.31. The number of pyridine rings is 1. The Morgan fingerprint density at radius 3 is 2.87 bits per heavy atom. The summed E-state index contributed by atoms with van der Waals surface area (Å²) in [5, 5.41) is 21.3. The molecule has 1 aliphatic heterocycles. The van der Waals surface area contributed by atoms with Gasteiger partial charge in [0.25, 0.3) is 5.91 Å². The third kappa shape index (κ3) is 3.04. The summed E-state index contributed by atoms with van der Waals surface area (Å²) < 4.78 is 0. The molecule has 2 atom stereocenters. The van der Waals surface area contributed by atoms with Crippen LogP contribution in [0.15, 0.2) is 24.3 Å². The monoisotopic (exact) mass is 334 g/mol. The fraction of sp³-hybridized carbons (Fsp3) is 0.412. The van der Waals surface area contributed by atoms with E-state index in [2.05, 4.69) is 4.98 Å². The Labute approximate surface area is 139 Å². The number of hydrogen-bond acceptors (Lipinski definition) is 4. The van der Waals surface area contributed by atoms with Gasteiger partial charge in [-0.3, -0.25) is 9.78 Å². The van der Waals surface area contributed by atoms with Crippen LogP contribution in [0.25, 0.3) is 10.9 Å². The number of aliphatic hydroxyl groups is 2. The van der Waals surface area contributed by atoms with E-state index in [1.165, 1.54) is 0 Å². The van der Waals surface area contributed by atoms with E-state index < -0.39 is 11.7 Å². The zero-order valence-corrected chi connectivity index (χ0v) is 13.8. The zero-order chi connectivity index (χ0) is 16.8. The first-order chi connectivity index (χ1) is 10.8. The van der Waals surface area contributed by atoms with Crippen LogP contribution in [0, 0.1) is 6.92 Å². The molecule has 23 heavy (non-hydrogen) atoms. The number of fused-ring (bicyclic) bond motifs is 1. The number of β-amino-alcohol motifs (C(OH)–C–C–N with tert-alkyl or cyclic N) is 1. The van der Waals surface area contributed by atoms with Crippen molar-refractivity contribution in [3.8, 4) is 0 Å². The van der Waals surface area contributed by atoms with E-state index in [0.29, 0.717) is 34.5 Å². The molecule has 1 fully saturated rings. The minimum Gasteiger partial charge on any atom is -0.388 e. The van der Waals surface area contributed by atoms with Crippen LogP contribution in [0.5, 0.6) is 0 Å². The Hall–Kier alpha value is -1.69. The highest BCUT2D eigenvalue weighted by Crippen LogP contribution is 2.27. The van der Waals surface area contributed by atoms with Gasteiger partial charge in [0.2, 0.25) is 0 Å². The van der Waals surface area contributed by atoms with Gasteiger partial charge in [-0.25, -0.2) is 0 Å². The number of piperidine rings is 1. The summed E-state index contributed by atoms with van der Waals surface area (Å²) in [5.74, 6) is -0.183. The van der Waals surface area contributed by atoms with Gasteiger partial charge in [0.15, 0.2) is 0 Å². The van der Waals surface area contributed by atoms with Gasteiger partial charge < -0.3 is 15.1 Å². The quantitative estimate of drug-likeness (QED) is 0.838. The number of rotatable bonds is 1. The number of carbonyl (C=O) groups excluding carboxylic acids is 1. The molecule has 1 saturated heterocycles. The first kappa shape index (κ1) is 16.2. The molecule has 1 aromatic carbocycles. The first-order valence-corrected chi connectivity index (χ1v) is 7.92. The van der Waals surface area contributed by atoms with E-state index >= 15 is 0 Å². The van der Waals surface area contributed by atoms with E-state index in [1.54, 1.807) is 36.1 Å². The number of nitrogens with zero attached hydrogens (tertiary/aromatic N) is 2. The molecule has 1 aromatic heterocycles. The number of benzene rings is 1. The molecule has 1 aliphatic rings. The molecular formula is C17H19ClN2O3. The summed E-state index contributed by atoms with van der Waals surface area (Å²) in [5.41, 5.74) is 0.815. The SMILES string of the molecule is Cc1cc(C(=O)N2CC[C@](C)(O)[C@H](O)C2)c2cc(Cl)ccc2n1. The summed E-state index contributed by atoms with van der Waals surface area (Å²) in [6.45, 7) is 3.92. The molecule has 1 amide bonds. The molecule has 0 radical (unpaired) electrons. The molecule has 0 spiro atoms. The van der Waals surface area contributed by atoms with Gasteiger partial charge in [-0.15, -0.1) is 0 Å². The molecule has 2 aromatic rings. The maximum absolute atomic E-state index is 12.9. The van der Waals surface area contributed by atoms with Gasteiger partial charge in [0, 0.05) is 29.2 Å². The fourth-order valence-electron chi connectivity index (χ4n) is 2.89. The largest absolute Gasteiger partial charge is 0.388 e. The van der Waals surface area contributed by atoms with Crippen molar-refractivity contribution in [3.63, 3.8) is 0 Å². The van der Waals surface area contributed by atoms with Crippen molar-refractivity contribution in [2.75, 3.05) is 13.1 Å². The van der Waals surface area contributed by atoms with Crippen molar-refractivity contribution in [2.24, 2.45) is 0 Å². The Morgan fingerprint density at radius 1 is 1.43 bits per heavy atom. The van der Waals surface area contributed by atoms with Crippen molar-refractivity contribution in [2.45, 2.75) is 32.0 Å². The third-order valence-corrected chi connectivity index (χ3v) is 4.65. The van der Waals surface area contributed by atoms with Crippen LogP contribution in [0.4, 0.5) is 0 Å². The minimum atomic E-state index is -1.16. The summed E-state index contributed by atoms with van der Waals surface area (Å²) in [4.78, 5) is 18.9. The number of hydrogen-bond donors (Lipinski definition) is 2. The molecule has 0 unspecified atom stereocenters. The molecule has 0 aliphatic carbocycles. The lowest BCUT2D eigenvalue weighted by Gasteiger charge is -2.40. The number of aliphatic hydroxyl groups excluding tert-OH is 1. The molecule has 0 bridgehead atoms. The summed E-state index contributed by atoms with van der Waals surface area (Å²) in [6, 6.07) is 7.00. The van der Waals surface area contributed by atoms with E-state index in [0.717, 1.165) is 5.69 Å². The van der Waals surface area contributed by atoms with Gasteiger partial charge in [-0.2, -0.15) is 0 Å². The van der Waals surface area contributed by atoms with E-state index in [4.69, 9.17) is 11.6 Å². The number of likely N-dealkylation sites (tertiary alicyclic amines) is 1. The normalized spacial score (nSPS) is 24.9. The van der Waals surface area contributed by atoms with Crippen molar-refractivity contribution < 1.29 is 15.0 Å². The smallest absolute Gasteiger partial charge is 0.254 e. The van der Waals surface area contributed by atoms with Crippen molar-refractivity contribution in [1.29, 1.82) is 0 Å². The molecule has 122 valence electrons. The Morgan fingerprint density at radius 2 is 2.17 bits per heavy atom. The number of amides is 1. The maximum atomic E-state index is 12.9. The second kappa shape index (κ2) is 5.74. The molecule has 2 heterocycles. The molecular weight excluding hydrogens is 316 g/mol.